The molecular formula is C22H26FN3O2. The van der Waals surface area contributed by atoms with Crippen molar-refractivity contribution in [1.29, 1.82) is 0 Å². The molecule has 6 heteroatoms. The van der Waals surface area contributed by atoms with Gasteiger partial charge in [0.15, 0.2) is 0 Å². The highest BCUT2D eigenvalue weighted by molar-refractivity contribution is 5.93. The number of carbonyl (C=O) groups is 2. The first-order valence-corrected chi connectivity index (χ1v) is 9.53. The second-order valence-corrected chi connectivity index (χ2v) is 7.28. The van der Waals surface area contributed by atoms with Crippen LogP contribution in [-0.4, -0.2) is 54.3 Å². The number of aryl methyl sites for hydroxylation is 2. The van der Waals surface area contributed by atoms with Gasteiger partial charge in [-0.3, -0.25) is 14.5 Å². The third-order valence-electron chi connectivity index (χ3n) is 5.08. The highest BCUT2D eigenvalue weighted by Gasteiger charge is 2.22. The number of para-hydroxylation sites is 1. The summed E-state index contributed by atoms with van der Waals surface area (Å²) in [6, 6.07) is 12.1. The standard InChI is InChI=1S/C22H26FN3O2/c1-16-5-3-6-17(2)22(16)24-20(27)15-25-9-11-26(12-10-25)21(28)14-18-7-4-8-19(23)13-18/h3-8,13H,9-12,14-15H2,1-2H3,(H,24,27). The normalized spacial score (nSPS) is 14.8. The van der Waals surface area contributed by atoms with Crippen LogP contribution in [0.25, 0.3) is 0 Å². The minimum absolute atomic E-state index is 0.00904. The molecule has 1 fully saturated rings. The number of halogens is 1. The van der Waals surface area contributed by atoms with Gasteiger partial charge in [0.2, 0.25) is 11.8 Å². The molecule has 0 aromatic heterocycles. The van der Waals surface area contributed by atoms with Crippen LogP contribution < -0.4 is 5.32 Å². The largest absolute Gasteiger partial charge is 0.340 e. The van der Waals surface area contributed by atoms with Gasteiger partial charge in [-0.1, -0.05) is 30.3 Å². The van der Waals surface area contributed by atoms with Crippen molar-refractivity contribution in [3.05, 3.63) is 65.0 Å². The smallest absolute Gasteiger partial charge is 0.238 e. The van der Waals surface area contributed by atoms with Gasteiger partial charge in [0.05, 0.1) is 13.0 Å². The van der Waals surface area contributed by atoms with Crippen LogP contribution in [0.5, 0.6) is 0 Å². The molecule has 1 aliphatic rings. The number of piperazine rings is 1. The maximum absolute atomic E-state index is 13.3. The van der Waals surface area contributed by atoms with E-state index in [1.807, 2.05) is 32.0 Å². The van der Waals surface area contributed by atoms with E-state index in [9.17, 15) is 14.0 Å². The highest BCUT2D eigenvalue weighted by Crippen LogP contribution is 2.19. The Morgan fingerprint density at radius 1 is 1.00 bits per heavy atom. The number of nitrogens with one attached hydrogen (secondary N) is 1. The van der Waals surface area contributed by atoms with Crippen molar-refractivity contribution in [3.63, 3.8) is 0 Å². The number of rotatable bonds is 5. The highest BCUT2D eigenvalue weighted by atomic mass is 19.1. The van der Waals surface area contributed by atoms with E-state index in [2.05, 4.69) is 10.2 Å². The van der Waals surface area contributed by atoms with Crippen molar-refractivity contribution in [3.8, 4) is 0 Å². The average Bonchev–Trinajstić information content (AvgIpc) is 2.65. The summed E-state index contributed by atoms with van der Waals surface area (Å²) in [6.45, 7) is 6.71. The third kappa shape index (κ3) is 5.16. The van der Waals surface area contributed by atoms with E-state index in [0.717, 1.165) is 16.8 Å². The lowest BCUT2D eigenvalue weighted by atomic mass is 10.1. The van der Waals surface area contributed by atoms with Gasteiger partial charge in [0.25, 0.3) is 0 Å². The number of hydrogen-bond donors (Lipinski definition) is 1. The first-order chi connectivity index (χ1) is 13.4. The summed E-state index contributed by atoms with van der Waals surface area (Å²) < 4.78 is 13.3. The van der Waals surface area contributed by atoms with Crippen LogP contribution in [0.3, 0.4) is 0 Å². The first kappa shape index (κ1) is 20.0. The summed E-state index contributed by atoms with van der Waals surface area (Å²) in [6.07, 6.45) is 0.199. The van der Waals surface area contributed by atoms with E-state index in [0.29, 0.717) is 38.3 Å². The van der Waals surface area contributed by atoms with Gasteiger partial charge < -0.3 is 10.2 Å². The van der Waals surface area contributed by atoms with Gasteiger partial charge >= 0.3 is 0 Å². The van der Waals surface area contributed by atoms with Crippen LogP contribution in [-0.2, 0) is 16.0 Å². The van der Waals surface area contributed by atoms with Crippen molar-refractivity contribution in [2.24, 2.45) is 0 Å². The van der Waals surface area contributed by atoms with E-state index in [-0.39, 0.29) is 24.1 Å². The molecule has 0 atom stereocenters. The van der Waals surface area contributed by atoms with Crippen LogP contribution in [0.2, 0.25) is 0 Å². The second-order valence-electron chi connectivity index (χ2n) is 7.28. The lowest BCUT2D eigenvalue weighted by Gasteiger charge is -2.34. The maximum atomic E-state index is 13.3. The number of anilines is 1. The molecule has 0 bridgehead atoms. The van der Waals surface area contributed by atoms with E-state index in [1.54, 1.807) is 17.0 Å². The predicted molar refractivity (Wildman–Crippen MR) is 108 cm³/mol. The fraction of sp³-hybridized carbons (Fsp3) is 0.364. The van der Waals surface area contributed by atoms with E-state index in [4.69, 9.17) is 0 Å². The van der Waals surface area contributed by atoms with E-state index >= 15 is 0 Å². The van der Waals surface area contributed by atoms with Gasteiger partial charge in [-0.25, -0.2) is 4.39 Å². The van der Waals surface area contributed by atoms with Crippen LogP contribution >= 0.6 is 0 Å². The maximum Gasteiger partial charge on any atom is 0.238 e. The molecule has 2 aromatic rings. The Morgan fingerprint density at radius 3 is 2.29 bits per heavy atom. The molecule has 0 spiro atoms. The Morgan fingerprint density at radius 2 is 1.64 bits per heavy atom. The third-order valence-corrected chi connectivity index (χ3v) is 5.08. The van der Waals surface area contributed by atoms with E-state index < -0.39 is 0 Å². The topological polar surface area (TPSA) is 52.7 Å². The lowest BCUT2D eigenvalue weighted by Crippen LogP contribution is -2.50. The van der Waals surface area contributed by atoms with Crippen LogP contribution in [0.15, 0.2) is 42.5 Å². The lowest BCUT2D eigenvalue weighted by molar-refractivity contribution is -0.132. The molecule has 2 amide bonds. The van der Waals surface area contributed by atoms with Gasteiger partial charge in [0.1, 0.15) is 5.82 Å². The van der Waals surface area contributed by atoms with Gasteiger partial charge in [-0.15, -0.1) is 0 Å². The van der Waals surface area contributed by atoms with E-state index in [1.165, 1.54) is 12.1 Å². The van der Waals surface area contributed by atoms with Crippen molar-refractivity contribution >= 4 is 17.5 Å². The second kappa shape index (κ2) is 8.97. The fourth-order valence-corrected chi connectivity index (χ4v) is 3.48. The molecule has 0 aliphatic carbocycles. The molecule has 1 heterocycles. The number of carbonyl (C=O) groups excluding carboxylic acids is 2. The summed E-state index contributed by atoms with van der Waals surface area (Å²) in [4.78, 5) is 28.7. The number of benzene rings is 2. The summed E-state index contributed by atoms with van der Waals surface area (Å²) in [7, 11) is 0. The average molecular weight is 383 g/mol. The molecule has 28 heavy (non-hydrogen) atoms. The molecule has 1 saturated heterocycles. The zero-order valence-electron chi connectivity index (χ0n) is 16.4. The Bertz CT molecular complexity index is 840. The Balaban J connectivity index is 1.47. The Hall–Kier alpha value is -2.73. The van der Waals surface area contributed by atoms with Crippen LogP contribution in [0.4, 0.5) is 10.1 Å². The van der Waals surface area contributed by atoms with Crippen molar-refractivity contribution in [1.82, 2.24) is 9.80 Å². The molecule has 0 unspecified atom stereocenters. The summed E-state index contributed by atoms with van der Waals surface area (Å²) in [5, 5.41) is 3.00. The van der Waals surface area contributed by atoms with Crippen LogP contribution in [0, 0.1) is 19.7 Å². The zero-order valence-corrected chi connectivity index (χ0v) is 16.4. The van der Waals surface area contributed by atoms with Gasteiger partial charge in [0, 0.05) is 31.9 Å². The summed E-state index contributed by atoms with van der Waals surface area (Å²) in [5.74, 6) is -0.382. The molecular weight excluding hydrogens is 357 g/mol. The molecule has 148 valence electrons. The summed E-state index contributed by atoms with van der Waals surface area (Å²) >= 11 is 0. The molecule has 0 saturated carbocycles. The molecule has 2 aromatic carbocycles. The Kier molecular flexibility index (Phi) is 6.41. The number of nitrogens with zero attached hydrogens (tertiary/aromatic N) is 2. The Labute approximate surface area is 165 Å². The zero-order chi connectivity index (χ0) is 20.1. The molecule has 0 radical (unpaired) electrons. The number of amides is 2. The quantitative estimate of drug-likeness (QED) is 0.864. The first-order valence-electron chi connectivity index (χ1n) is 9.53. The monoisotopic (exact) mass is 383 g/mol. The number of hydrogen-bond acceptors (Lipinski definition) is 3. The minimum Gasteiger partial charge on any atom is -0.340 e. The SMILES string of the molecule is Cc1cccc(C)c1NC(=O)CN1CCN(C(=O)Cc2cccc(F)c2)CC1. The van der Waals surface area contributed by atoms with Crippen molar-refractivity contribution in [2.45, 2.75) is 20.3 Å². The molecule has 1 aliphatic heterocycles. The molecule has 3 rings (SSSR count). The van der Waals surface area contributed by atoms with Crippen molar-refractivity contribution in [2.75, 3.05) is 38.0 Å². The summed E-state index contributed by atoms with van der Waals surface area (Å²) in [5.41, 5.74) is 3.64. The van der Waals surface area contributed by atoms with Gasteiger partial charge in [-0.2, -0.15) is 0 Å². The fourth-order valence-electron chi connectivity index (χ4n) is 3.48. The predicted octanol–water partition coefficient (Wildman–Crippen LogP) is 2.77. The molecule has 1 N–H and O–H groups in total. The van der Waals surface area contributed by atoms with Crippen molar-refractivity contribution < 1.29 is 14.0 Å². The van der Waals surface area contributed by atoms with Gasteiger partial charge in [-0.05, 0) is 42.7 Å². The minimum atomic E-state index is -0.329. The van der Waals surface area contributed by atoms with Crippen LogP contribution in [0.1, 0.15) is 16.7 Å². The molecule has 5 nitrogen and oxygen atoms in total.